The average molecular weight is 487 g/mol. The SMILES string of the molecule is O=C(/C=C/c1ccc2c(c1)CCC2NC(=O)OCc1cc(C(F)(F)F)cc(C(F)(F)F)c1)CO. The van der Waals surface area contributed by atoms with Crippen molar-refractivity contribution in [1.82, 2.24) is 5.32 Å². The van der Waals surface area contributed by atoms with Gasteiger partial charge in [0, 0.05) is 0 Å². The monoisotopic (exact) mass is 487 g/mol. The maximum Gasteiger partial charge on any atom is 0.416 e. The van der Waals surface area contributed by atoms with Gasteiger partial charge in [-0.25, -0.2) is 4.79 Å². The van der Waals surface area contributed by atoms with E-state index in [1.165, 1.54) is 12.2 Å². The fraction of sp³-hybridized carbons (Fsp3) is 0.304. The van der Waals surface area contributed by atoms with E-state index in [9.17, 15) is 35.9 Å². The summed E-state index contributed by atoms with van der Waals surface area (Å²) in [7, 11) is 0. The highest BCUT2D eigenvalue weighted by Crippen LogP contribution is 2.36. The summed E-state index contributed by atoms with van der Waals surface area (Å²) in [6.45, 7) is -1.38. The molecule has 2 aromatic carbocycles. The lowest BCUT2D eigenvalue weighted by Crippen LogP contribution is -2.27. The first-order valence-electron chi connectivity index (χ1n) is 10.0. The molecular weight excluding hydrogens is 468 g/mol. The third kappa shape index (κ3) is 6.37. The first-order valence-corrected chi connectivity index (χ1v) is 10.0. The van der Waals surface area contributed by atoms with Crippen LogP contribution in [-0.2, 0) is 34.9 Å². The molecular formula is C23H19F6NO4. The summed E-state index contributed by atoms with van der Waals surface area (Å²) in [5, 5.41) is 11.3. The zero-order valence-corrected chi connectivity index (χ0v) is 17.5. The number of amides is 1. The van der Waals surface area contributed by atoms with Crippen LogP contribution in [0, 0.1) is 0 Å². The van der Waals surface area contributed by atoms with Crippen LogP contribution in [0.15, 0.2) is 42.5 Å². The number of ether oxygens (including phenoxy) is 1. The lowest BCUT2D eigenvalue weighted by Gasteiger charge is -2.16. The van der Waals surface area contributed by atoms with E-state index in [0.717, 1.165) is 11.1 Å². The molecule has 0 radical (unpaired) electrons. The van der Waals surface area contributed by atoms with E-state index in [4.69, 9.17) is 9.84 Å². The fourth-order valence-corrected chi connectivity index (χ4v) is 3.57. The third-order valence-corrected chi connectivity index (χ3v) is 5.17. The van der Waals surface area contributed by atoms with Gasteiger partial charge in [-0.2, -0.15) is 26.3 Å². The predicted octanol–water partition coefficient (Wildman–Crippen LogP) is 5.21. The molecule has 0 aromatic heterocycles. The van der Waals surface area contributed by atoms with Crippen LogP contribution in [0.3, 0.4) is 0 Å². The summed E-state index contributed by atoms with van der Waals surface area (Å²) in [6, 6.07) is 5.80. The Morgan fingerprint density at radius 3 is 2.26 bits per heavy atom. The van der Waals surface area contributed by atoms with Gasteiger partial charge in [0.1, 0.15) is 13.2 Å². The minimum atomic E-state index is -4.99. The van der Waals surface area contributed by atoms with Gasteiger partial charge >= 0.3 is 18.4 Å². The number of nitrogens with one attached hydrogen (secondary N) is 1. The van der Waals surface area contributed by atoms with E-state index in [-0.39, 0.29) is 6.07 Å². The van der Waals surface area contributed by atoms with E-state index in [1.807, 2.05) is 6.07 Å². The zero-order valence-electron chi connectivity index (χ0n) is 17.5. The number of benzene rings is 2. The van der Waals surface area contributed by atoms with Gasteiger partial charge in [-0.1, -0.05) is 24.3 Å². The van der Waals surface area contributed by atoms with Crippen molar-refractivity contribution >= 4 is 18.0 Å². The smallest absolute Gasteiger partial charge is 0.416 e. The van der Waals surface area contributed by atoms with Crippen LogP contribution in [0.1, 0.15) is 45.8 Å². The largest absolute Gasteiger partial charge is 0.445 e. The summed E-state index contributed by atoms with van der Waals surface area (Å²) in [5.74, 6) is -0.453. The number of carbonyl (C=O) groups is 2. The number of aryl methyl sites for hydroxylation is 1. The predicted molar refractivity (Wildman–Crippen MR) is 108 cm³/mol. The molecule has 0 saturated carbocycles. The van der Waals surface area contributed by atoms with E-state index in [2.05, 4.69) is 5.32 Å². The molecule has 34 heavy (non-hydrogen) atoms. The molecule has 0 fully saturated rings. The molecule has 1 aliphatic rings. The Labute approximate surface area is 190 Å². The summed E-state index contributed by atoms with van der Waals surface area (Å²) in [4.78, 5) is 23.4. The molecule has 1 atom stereocenters. The number of rotatable bonds is 6. The maximum absolute atomic E-state index is 13.0. The molecule has 11 heteroatoms. The van der Waals surface area contributed by atoms with Crippen molar-refractivity contribution in [3.05, 3.63) is 75.9 Å². The third-order valence-electron chi connectivity index (χ3n) is 5.17. The molecule has 1 amide bonds. The highest BCUT2D eigenvalue weighted by atomic mass is 19.4. The Morgan fingerprint density at radius 2 is 1.68 bits per heavy atom. The minimum absolute atomic E-state index is 0.00217. The van der Waals surface area contributed by atoms with Crippen LogP contribution < -0.4 is 5.32 Å². The van der Waals surface area contributed by atoms with E-state index >= 15 is 0 Å². The van der Waals surface area contributed by atoms with Crippen molar-refractivity contribution in [3.63, 3.8) is 0 Å². The van der Waals surface area contributed by atoms with Gasteiger partial charge in [0.15, 0.2) is 5.78 Å². The number of aliphatic hydroxyl groups excluding tert-OH is 1. The Balaban J connectivity index is 1.66. The van der Waals surface area contributed by atoms with Crippen molar-refractivity contribution in [3.8, 4) is 0 Å². The Hall–Kier alpha value is -3.34. The Morgan fingerprint density at radius 1 is 1.03 bits per heavy atom. The second kappa shape index (κ2) is 9.88. The summed E-state index contributed by atoms with van der Waals surface area (Å²) in [5.41, 5.74) is -1.03. The van der Waals surface area contributed by atoms with Crippen molar-refractivity contribution < 1.29 is 45.8 Å². The Kier molecular flexibility index (Phi) is 7.35. The molecule has 2 aromatic rings. The molecule has 0 bridgehead atoms. The highest BCUT2D eigenvalue weighted by Gasteiger charge is 2.37. The number of fused-ring (bicyclic) bond motifs is 1. The molecule has 0 spiro atoms. The number of hydrogen-bond donors (Lipinski definition) is 2. The molecule has 0 heterocycles. The topological polar surface area (TPSA) is 75.6 Å². The standard InChI is InChI=1S/C23H19F6NO4/c24-22(25,26)16-8-14(9-17(10-16)23(27,28)29)12-34-21(33)30-20-6-3-15-7-13(2-5-19(15)20)1-4-18(32)11-31/h1-2,4-5,7-10,20,31H,3,6,11-12H2,(H,30,33)/b4-1+. The van der Waals surface area contributed by atoms with Crippen molar-refractivity contribution in [1.29, 1.82) is 0 Å². The highest BCUT2D eigenvalue weighted by molar-refractivity contribution is 5.94. The lowest BCUT2D eigenvalue weighted by atomic mass is 10.0. The van der Waals surface area contributed by atoms with Gasteiger partial charge in [-0.05, 0) is 59.4 Å². The van der Waals surface area contributed by atoms with Crippen molar-refractivity contribution in [2.75, 3.05) is 6.61 Å². The van der Waals surface area contributed by atoms with Gasteiger partial charge in [-0.15, -0.1) is 0 Å². The van der Waals surface area contributed by atoms with Crippen LogP contribution in [-0.4, -0.2) is 23.6 Å². The molecule has 3 rings (SSSR count). The maximum atomic E-state index is 13.0. The quantitative estimate of drug-likeness (QED) is 0.433. The molecule has 0 aliphatic heterocycles. The van der Waals surface area contributed by atoms with Gasteiger partial charge in [-0.3, -0.25) is 4.79 Å². The first kappa shape index (κ1) is 25.3. The van der Waals surface area contributed by atoms with Crippen LogP contribution in [0.2, 0.25) is 0 Å². The summed E-state index contributed by atoms with van der Waals surface area (Å²) >= 11 is 0. The number of alkyl halides is 6. The number of hydrogen-bond acceptors (Lipinski definition) is 4. The average Bonchev–Trinajstić information content (AvgIpc) is 3.16. The normalized spacial score (nSPS) is 15.9. The fourth-order valence-electron chi connectivity index (χ4n) is 3.57. The minimum Gasteiger partial charge on any atom is -0.445 e. The van der Waals surface area contributed by atoms with Crippen molar-refractivity contribution in [2.45, 2.75) is 37.8 Å². The second-order valence-electron chi connectivity index (χ2n) is 7.64. The van der Waals surface area contributed by atoms with Crippen LogP contribution in [0.5, 0.6) is 0 Å². The molecule has 182 valence electrons. The van der Waals surface area contributed by atoms with Crippen LogP contribution in [0.25, 0.3) is 6.08 Å². The van der Waals surface area contributed by atoms with E-state index in [0.29, 0.717) is 30.5 Å². The van der Waals surface area contributed by atoms with E-state index < -0.39 is 60.2 Å². The van der Waals surface area contributed by atoms with Crippen molar-refractivity contribution in [2.24, 2.45) is 0 Å². The van der Waals surface area contributed by atoms with Gasteiger partial charge < -0.3 is 15.2 Å². The lowest BCUT2D eigenvalue weighted by molar-refractivity contribution is -0.143. The van der Waals surface area contributed by atoms with Crippen LogP contribution in [0.4, 0.5) is 31.1 Å². The number of aliphatic hydroxyl groups is 1. The number of alkyl carbamates (subject to hydrolysis) is 1. The first-order chi connectivity index (χ1) is 15.9. The second-order valence-corrected chi connectivity index (χ2v) is 7.64. The van der Waals surface area contributed by atoms with E-state index in [1.54, 1.807) is 12.1 Å². The number of halogens is 6. The van der Waals surface area contributed by atoms with Gasteiger partial charge in [0.25, 0.3) is 0 Å². The van der Waals surface area contributed by atoms with Crippen LogP contribution >= 0.6 is 0 Å². The Bertz CT molecular complexity index is 1080. The molecule has 1 aliphatic carbocycles. The number of carbonyl (C=O) groups excluding carboxylic acids is 2. The summed E-state index contributed by atoms with van der Waals surface area (Å²) < 4.78 is 82.7. The molecule has 1 unspecified atom stereocenters. The number of ketones is 1. The molecule has 0 saturated heterocycles. The van der Waals surface area contributed by atoms with Gasteiger partial charge in [0.05, 0.1) is 17.2 Å². The molecule has 5 nitrogen and oxygen atoms in total. The van der Waals surface area contributed by atoms with Gasteiger partial charge in [0.2, 0.25) is 0 Å². The molecule has 2 N–H and O–H groups in total. The summed E-state index contributed by atoms with van der Waals surface area (Å²) in [6.07, 6.45) is -7.09. The zero-order chi connectivity index (χ0) is 25.1.